The molecule has 2 aliphatic heterocycles. The molecule has 0 fully saturated rings. The quantitative estimate of drug-likeness (QED) is 0.666. The number of hydrogen-bond donors (Lipinski definition) is 3. The molecular formula is C22H27ClFNO4. The van der Waals surface area contributed by atoms with E-state index in [1.54, 1.807) is 6.07 Å². The monoisotopic (exact) mass is 423 g/mol. The molecule has 0 spiro atoms. The molecule has 0 amide bonds. The van der Waals surface area contributed by atoms with Gasteiger partial charge < -0.3 is 25.0 Å². The van der Waals surface area contributed by atoms with Crippen LogP contribution in [0, 0.1) is 5.82 Å². The number of aryl methyl sites for hydroxylation is 2. The number of hydrogen-bond acceptors (Lipinski definition) is 5. The zero-order valence-corrected chi connectivity index (χ0v) is 16.9. The minimum absolute atomic E-state index is 0. The highest BCUT2D eigenvalue weighted by Crippen LogP contribution is 2.30. The first-order chi connectivity index (χ1) is 13.6. The number of halogens is 2. The summed E-state index contributed by atoms with van der Waals surface area (Å²) >= 11 is 0. The second-order valence-corrected chi connectivity index (χ2v) is 7.54. The Hall–Kier alpha value is -1.86. The lowest BCUT2D eigenvalue weighted by Gasteiger charge is -2.31. The molecule has 0 unspecified atom stereocenters. The minimum atomic E-state index is -0.710. The van der Waals surface area contributed by atoms with E-state index in [0.29, 0.717) is 31.7 Å². The van der Waals surface area contributed by atoms with Crippen molar-refractivity contribution in [2.45, 2.75) is 50.1 Å². The molecule has 0 aliphatic carbocycles. The number of benzene rings is 2. The molecule has 4 atom stereocenters. The largest absolute Gasteiger partial charge is 0.487 e. The fraction of sp³-hybridized carbons (Fsp3) is 0.455. The van der Waals surface area contributed by atoms with Gasteiger partial charge in [0.2, 0.25) is 0 Å². The van der Waals surface area contributed by atoms with Crippen LogP contribution in [0.5, 0.6) is 11.5 Å². The number of fused-ring (bicyclic) bond motifs is 2. The van der Waals surface area contributed by atoms with Crippen molar-refractivity contribution in [1.82, 2.24) is 5.32 Å². The average molecular weight is 424 g/mol. The summed E-state index contributed by atoms with van der Waals surface area (Å²) < 4.78 is 25.0. The topological polar surface area (TPSA) is 71.0 Å². The van der Waals surface area contributed by atoms with Gasteiger partial charge in [0, 0.05) is 13.1 Å². The Morgan fingerprint density at radius 1 is 0.897 bits per heavy atom. The normalized spacial score (nSPS) is 22.2. The van der Waals surface area contributed by atoms with Gasteiger partial charge >= 0.3 is 0 Å². The van der Waals surface area contributed by atoms with Crippen molar-refractivity contribution in [2.24, 2.45) is 0 Å². The van der Waals surface area contributed by atoms with Crippen LogP contribution in [0.2, 0.25) is 0 Å². The number of rotatable bonds is 6. The van der Waals surface area contributed by atoms with Crippen molar-refractivity contribution < 1.29 is 24.1 Å². The fourth-order valence-corrected chi connectivity index (χ4v) is 3.91. The Morgan fingerprint density at radius 3 is 2.17 bits per heavy atom. The van der Waals surface area contributed by atoms with Gasteiger partial charge in [0.25, 0.3) is 0 Å². The predicted octanol–water partition coefficient (Wildman–Crippen LogP) is 2.65. The van der Waals surface area contributed by atoms with Crippen LogP contribution in [0.4, 0.5) is 4.39 Å². The number of ether oxygens (including phenoxy) is 2. The molecule has 3 N–H and O–H groups in total. The Balaban J connectivity index is 0.00000240. The van der Waals surface area contributed by atoms with E-state index in [2.05, 4.69) is 5.32 Å². The highest BCUT2D eigenvalue weighted by Gasteiger charge is 2.28. The maximum Gasteiger partial charge on any atom is 0.126 e. The maximum absolute atomic E-state index is 13.3. The van der Waals surface area contributed by atoms with Gasteiger partial charge in [0.1, 0.15) is 41.7 Å². The third kappa shape index (κ3) is 5.20. The van der Waals surface area contributed by atoms with Gasteiger partial charge in [-0.1, -0.05) is 18.2 Å². The van der Waals surface area contributed by atoms with Crippen LogP contribution in [0.1, 0.15) is 24.0 Å². The molecule has 2 heterocycles. The number of nitrogens with one attached hydrogen (secondary N) is 1. The average Bonchev–Trinajstić information content (AvgIpc) is 2.72. The standard InChI is InChI=1S/C22H26FNO4.ClH/c23-16-7-10-20-15(11-16)6-9-22(28-20)18(26)13-24-12-17(25)21-8-5-14-3-1-2-4-19(14)27-21;/h1-4,7,10-11,17-18,21-22,24-26H,5-6,8-9,12-13H2;1H/t17-,18-,21+,22-;/m0./s1. The van der Waals surface area contributed by atoms with Crippen molar-refractivity contribution in [3.8, 4) is 11.5 Å². The first kappa shape index (κ1) is 21.8. The summed E-state index contributed by atoms with van der Waals surface area (Å²) in [6.07, 6.45) is 0.984. The molecule has 5 nitrogen and oxygen atoms in total. The minimum Gasteiger partial charge on any atom is -0.487 e. The Kier molecular flexibility index (Phi) is 7.35. The third-order valence-electron chi connectivity index (χ3n) is 5.51. The van der Waals surface area contributed by atoms with E-state index < -0.39 is 12.2 Å². The molecule has 0 bridgehead atoms. The second-order valence-electron chi connectivity index (χ2n) is 7.54. The predicted molar refractivity (Wildman–Crippen MR) is 110 cm³/mol. The number of para-hydroxylation sites is 1. The first-order valence-electron chi connectivity index (χ1n) is 9.86. The molecule has 4 rings (SSSR count). The second kappa shape index (κ2) is 9.76. The molecule has 2 aromatic rings. The lowest BCUT2D eigenvalue weighted by atomic mass is 9.98. The number of aliphatic hydroxyl groups is 2. The molecule has 0 saturated heterocycles. The highest BCUT2D eigenvalue weighted by molar-refractivity contribution is 5.85. The van der Waals surface area contributed by atoms with Gasteiger partial charge in [-0.25, -0.2) is 4.39 Å². The molecule has 2 aliphatic rings. The van der Waals surface area contributed by atoms with Crippen LogP contribution < -0.4 is 14.8 Å². The van der Waals surface area contributed by atoms with Crippen molar-refractivity contribution in [2.75, 3.05) is 13.1 Å². The van der Waals surface area contributed by atoms with Crippen molar-refractivity contribution >= 4 is 12.4 Å². The van der Waals surface area contributed by atoms with E-state index in [1.165, 1.54) is 17.7 Å². The molecule has 0 aromatic heterocycles. The van der Waals surface area contributed by atoms with Gasteiger partial charge in [-0.2, -0.15) is 0 Å². The number of aliphatic hydroxyl groups excluding tert-OH is 2. The molecular weight excluding hydrogens is 397 g/mol. The van der Waals surface area contributed by atoms with Crippen LogP contribution in [-0.4, -0.2) is 47.7 Å². The van der Waals surface area contributed by atoms with Gasteiger partial charge in [-0.3, -0.25) is 0 Å². The zero-order valence-electron chi connectivity index (χ0n) is 16.1. The van der Waals surface area contributed by atoms with Crippen LogP contribution in [0.15, 0.2) is 42.5 Å². The summed E-state index contributed by atoms with van der Waals surface area (Å²) in [5, 5.41) is 24.0. The van der Waals surface area contributed by atoms with Crippen LogP contribution in [0.25, 0.3) is 0 Å². The molecule has 158 valence electrons. The fourth-order valence-electron chi connectivity index (χ4n) is 3.91. The van der Waals surface area contributed by atoms with Crippen LogP contribution in [0.3, 0.4) is 0 Å². The van der Waals surface area contributed by atoms with Crippen molar-refractivity contribution in [3.63, 3.8) is 0 Å². The molecule has 2 aromatic carbocycles. The van der Waals surface area contributed by atoms with E-state index in [0.717, 1.165) is 24.2 Å². The molecule has 0 saturated carbocycles. The molecule has 0 radical (unpaired) electrons. The van der Waals surface area contributed by atoms with E-state index in [1.807, 2.05) is 24.3 Å². The summed E-state index contributed by atoms with van der Waals surface area (Å²) in [5.41, 5.74) is 2.01. The Labute approximate surface area is 176 Å². The lowest BCUT2D eigenvalue weighted by molar-refractivity contribution is 0.00896. The van der Waals surface area contributed by atoms with Crippen molar-refractivity contribution in [3.05, 3.63) is 59.4 Å². The SMILES string of the molecule is Cl.O[C@@H](CNC[C@H](O)[C@H]1CCc2ccccc2O1)[C@@H]1CCc2cc(F)ccc2O1. The summed E-state index contributed by atoms with van der Waals surface area (Å²) in [4.78, 5) is 0. The summed E-state index contributed by atoms with van der Waals surface area (Å²) in [5.74, 6) is 1.19. The van der Waals surface area contributed by atoms with Gasteiger partial charge in [0.15, 0.2) is 0 Å². The molecule has 29 heavy (non-hydrogen) atoms. The summed E-state index contributed by atoms with van der Waals surface area (Å²) in [6.45, 7) is 0.639. The van der Waals surface area contributed by atoms with Crippen LogP contribution in [-0.2, 0) is 12.8 Å². The van der Waals surface area contributed by atoms with Gasteiger partial charge in [-0.05, 0) is 61.1 Å². The first-order valence-corrected chi connectivity index (χ1v) is 9.86. The summed E-state index contributed by atoms with van der Waals surface area (Å²) in [7, 11) is 0. The van der Waals surface area contributed by atoms with Gasteiger partial charge in [-0.15, -0.1) is 12.4 Å². The smallest absolute Gasteiger partial charge is 0.126 e. The van der Waals surface area contributed by atoms with Gasteiger partial charge in [0.05, 0.1) is 0 Å². The highest BCUT2D eigenvalue weighted by atomic mass is 35.5. The van der Waals surface area contributed by atoms with E-state index in [9.17, 15) is 14.6 Å². The molecule has 7 heteroatoms. The Bertz CT molecular complexity index is 821. The summed E-state index contributed by atoms with van der Waals surface area (Å²) in [6, 6.07) is 12.3. The zero-order chi connectivity index (χ0) is 19.5. The van der Waals surface area contributed by atoms with Crippen molar-refractivity contribution in [1.29, 1.82) is 0 Å². The van der Waals surface area contributed by atoms with E-state index in [-0.39, 0.29) is 30.4 Å². The van der Waals surface area contributed by atoms with Crippen LogP contribution >= 0.6 is 12.4 Å². The maximum atomic E-state index is 13.3. The van der Waals surface area contributed by atoms with E-state index in [4.69, 9.17) is 9.47 Å². The third-order valence-corrected chi connectivity index (χ3v) is 5.51. The van der Waals surface area contributed by atoms with E-state index >= 15 is 0 Å². The Morgan fingerprint density at radius 2 is 1.48 bits per heavy atom. The lowest BCUT2D eigenvalue weighted by Crippen LogP contribution is -2.46.